The maximum atomic E-state index is 15.2. The van der Waals surface area contributed by atoms with Crippen molar-refractivity contribution in [2.75, 3.05) is 24.5 Å². The smallest absolute Gasteiger partial charge is 0.341 e. The molecule has 2 fully saturated rings. The average Bonchev–Trinajstić information content (AvgIpc) is 3.53. The summed E-state index contributed by atoms with van der Waals surface area (Å²) in [6, 6.07) is 3.77. The molecule has 2 aliphatic rings. The molecule has 0 bridgehead atoms. The van der Waals surface area contributed by atoms with Crippen molar-refractivity contribution < 1.29 is 14.3 Å². The number of aryl methyl sites for hydroxylation is 1. The Hall–Kier alpha value is -2.92. The fraction of sp³-hybridized carbons (Fsp3) is 0.522. The first-order valence-electron chi connectivity index (χ1n) is 10.8. The number of nitriles is 1. The first-order valence-corrected chi connectivity index (χ1v) is 10.8. The van der Waals surface area contributed by atoms with Gasteiger partial charge in [-0.25, -0.2) is 9.18 Å². The lowest BCUT2D eigenvalue weighted by molar-refractivity contribution is 0.0695. The van der Waals surface area contributed by atoms with E-state index in [1.807, 2.05) is 16.4 Å². The zero-order valence-electron chi connectivity index (χ0n) is 17.8. The molecule has 2 heterocycles. The number of carbonyl (C=O) groups is 1. The monoisotopic (exact) mass is 426 g/mol. The number of fused-ring (bicyclic) bond motifs is 1. The van der Waals surface area contributed by atoms with Gasteiger partial charge in [0, 0.05) is 55.6 Å². The Morgan fingerprint density at radius 3 is 2.71 bits per heavy atom. The van der Waals surface area contributed by atoms with Crippen LogP contribution in [0.15, 0.2) is 17.1 Å². The number of rotatable bonds is 8. The van der Waals surface area contributed by atoms with Gasteiger partial charge in [-0.1, -0.05) is 6.92 Å². The Bertz CT molecular complexity index is 1130. The van der Waals surface area contributed by atoms with Crippen molar-refractivity contribution in [2.24, 2.45) is 5.92 Å². The highest BCUT2D eigenvalue weighted by Gasteiger charge is 2.36. The topological polar surface area (TPSA) is 98.4 Å². The SMILES string of the molecule is CCC(NCCC#N)C1CN(c2c(F)cc3c(=O)c(C(=O)O)cn(C4CC4)c3c2C)C1. The fourth-order valence-corrected chi connectivity index (χ4v) is 4.76. The second-order valence-corrected chi connectivity index (χ2v) is 8.59. The Morgan fingerprint density at radius 1 is 1.42 bits per heavy atom. The molecule has 1 unspecified atom stereocenters. The summed E-state index contributed by atoms with van der Waals surface area (Å²) in [7, 11) is 0. The van der Waals surface area contributed by atoms with Crippen molar-refractivity contribution in [3.05, 3.63) is 39.4 Å². The quantitative estimate of drug-likeness (QED) is 0.629. The molecule has 7 nitrogen and oxygen atoms in total. The van der Waals surface area contributed by atoms with Gasteiger partial charge in [-0.05, 0) is 37.8 Å². The van der Waals surface area contributed by atoms with Crippen LogP contribution in [0.2, 0.25) is 0 Å². The first-order chi connectivity index (χ1) is 14.9. The number of nitrogens with zero attached hydrogens (tertiary/aromatic N) is 3. The molecule has 8 heteroatoms. The maximum absolute atomic E-state index is 15.2. The molecule has 0 radical (unpaired) electrons. The third kappa shape index (κ3) is 3.79. The van der Waals surface area contributed by atoms with E-state index in [9.17, 15) is 14.7 Å². The zero-order chi connectivity index (χ0) is 22.3. The minimum Gasteiger partial charge on any atom is -0.477 e. The maximum Gasteiger partial charge on any atom is 0.341 e. The minimum absolute atomic E-state index is 0.132. The molecule has 164 valence electrons. The summed E-state index contributed by atoms with van der Waals surface area (Å²) < 4.78 is 17.0. The van der Waals surface area contributed by atoms with Crippen LogP contribution in [0.25, 0.3) is 10.9 Å². The normalized spacial score (nSPS) is 17.4. The highest BCUT2D eigenvalue weighted by atomic mass is 19.1. The summed E-state index contributed by atoms with van der Waals surface area (Å²) in [5.74, 6) is -1.42. The Labute approximate surface area is 180 Å². The van der Waals surface area contributed by atoms with Crippen molar-refractivity contribution in [3.63, 3.8) is 0 Å². The molecule has 1 aliphatic carbocycles. The van der Waals surface area contributed by atoms with E-state index in [1.165, 1.54) is 12.3 Å². The van der Waals surface area contributed by atoms with Crippen LogP contribution in [0.3, 0.4) is 0 Å². The average molecular weight is 426 g/mol. The standard InChI is InChI=1S/C23H27FN4O3/c1-3-19(26-8-4-7-25)14-10-27(11-14)21-13(2)20-16(9-18(21)24)22(29)17(23(30)31)12-28(20)15-5-6-15/h9,12,14-15,19,26H,3-6,8,10-11H2,1-2H3,(H,30,31). The number of benzene rings is 1. The number of hydrogen-bond donors (Lipinski definition) is 2. The lowest BCUT2D eigenvalue weighted by Gasteiger charge is -2.45. The van der Waals surface area contributed by atoms with Crippen LogP contribution in [-0.2, 0) is 0 Å². The van der Waals surface area contributed by atoms with E-state index < -0.39 is 17.2 Å². The van der Waals surface area contributed by atoms with E-state index in [0.29, 0.717) is 48.7 Å². The van der Waals surface area contributed by atoms with E-state index >= 15 is 4.39 Å². The Kier molecular flexibility index (Phi) is 5.71. The highest BCUT2D eigenvalue weighted by Crippen LogP contribution is 2.41. The largest absolute Gasteiger partial charge is 0.477 e. The van der Waals surface area contributed by atoms with Gasteiger partial charge in [-0.15, -0.1) is 0 Å². The van der Waals surface area contributed by atoms with Crippen LogP contribution in [-0.4, -0.2) is 41.3 Å². The molecule has 0 spiro atoms. The minimum atomic E-state index is -1.29. The van der Waals surface area contributed by atoms with Gasteiger partial charge >= 0.3 is 5.97 Å². The van der Waals surface area contributed by atoms with E-state index in [0.717, 1.165) is 19.3 Å². The molecule has 2 aromatic rings. The van der Waals surface area contributed by atoms with Gasteiger partial charge in [0.15, 0.2) is 0 Å². The lowest BCUT2D eigenvalue weighted by Crippen LogP contribution is -2.56. The van der Waals surface area contributed by atoms with Crippen LogP contribution < -0.4 is 15.6 Å². The molecule has 1 aliphatic heterocycles. The van der Waals surface area contributed by atoms with Crippen molar-refractivity contribution in [3.8, 4) is 6.07 Å². The number of hydrogen-bond acceptors (Lipinski definition) is 5. The number of nitrogens with one attached hydrogen (secondary N) is 1. The van der Waals surface area contributed by atoms with E-state index in [2.05, 4.69) is 18.3 Å². The van der Waals surface area contributed by atoms with Gasteiger partial charge in [-0.3, -0.25) is 4.79 Å². The van der Waals surface area contributed by atoms with Crippen molar-refractivity contribution in [1.82, 2.24) is 9.88 Å². The van der Waals surface area contributed by atoms with E-state index in [1.54, 1.807) is 0 Å². The van der Waals surface area contributed by atoms with Crippen LogP contribution in [0.1, 0.15) is 54.6 Å². The van der Waals surface area contributed by atoms with Crippen LogP contribution in [0.5, 0.6) is 0 Å². The number of pyridine rings is 1. The molecular weight excluding hydrogens is 399 g/mol. The predicted octanol–water partition coefficient (Wildman–Crippen LogP) is 3.20. The Balaban J connectivity index is 1.68. The summed E-state index contributed by atoms with van der Waals surface area (Å²) in [6.45, 7) is 5.96. The van der Waals surface area contributed by atoms with Crippen molar-refractivity contribution in [1.29, 1.82) is 5.26 Å². The van der Waals surface area contributed by atoms with Gasteiger partial charge in [0.1, 0.15) is 11.4 Å². The molecule has 1 saturated carbocycles. The summed E-state index contributed by atoms with van der Waals surface area (Å²) in [4.78, 5) is 26.3. The van der Waals surface area contributed by atoms with Gasteiger partial charge < -0.3 is 19.9 Å². The highest BCUT2D eigenvalue weighted by molar-refractivity contribution is 5.95. The zero-order valence-corrected chi connectivity index (χ0v) is 17.8. The summed E-state index contributed by atoms with van der Waals surface area (Å²) in [6.07, 6.45) is 4.65. The molecule has 31 heavy (non-hydrogen) atoms. The van der Waals surface area contributed by atoms with Crippen molar-refractivity contribution in [2.45, 2.75) is 51.6 Å². The molecule has 1 aromatic heterocycles. The van der Waals surface area contributed by atoms with Gasteiger partial charge in [0.2, 0.25) is 5.43 Å². The van der Waals surface area contributed by atoms with Gasteiger partial charge in [-0.2, -0.15) is 5.26 Å². The number of carboxylic acids is 1. The molecule has 2 N–H and O–H groups in total. The summed E-state index contributed by atoms with van der Waals surface area (Å²) in [5, 5.41) is 21.7. The molecule has 1 atom stereocenters. The third-order valence-electron chi connectivity index (χ3n) is 6.53. The van der Waals surface area contributed by atoms with Crippen molar-refractivity contribution >= 4 is 22.6 Å². The summed E-state index contributed by atoms with van der Waals surface area (Å²) >= 11 is 0. The number of aromatic carboxylic acids is 1. The number of carboxylic acid groups (broad SMARTS) is 1. The van der Waals surface area contributed by atoms with Gasteiger partial charge in [0.05, 0.1) is 17.3 Å². The number of aromatic nitrogens is 1. The first kappa shape index (κ1) is 21.3. The molecule has 0 amide bonds. The van der Waals surface area contributed by atoms with Crippen LogP contribution in [0, 0.1) is 30.0 Å². The molecule has 1 aromatic carbocycles. The third-order valence-corrected chi connectivity index (χ3v) is 6.53. The van der Waals surface area contributed by atoms with Crippen LogP contribution >= 0.6 is 0 Å². The predicted molar refractivity (Wildman–Crippen MR) is 116 cm³/mol. The number of halogens is 1. The second-order valence-electron chi connectivity index (χ2n) is 8.59. The molecular formula is C23H27FN4O3. The van der Waals surface area contributed by atoms with Crippen LogP contribution in [0.4, 0.5) is 10.1 Å². The molecule has 4 rings (SSSR count). The van der Waals surface area contributed by atoms with E-state index in [-0.39, 0.29) is 23.0 Å². The second kappa shape index (κ2) is 8.31. The van der Waals surface area contributed by atoms with Gasteiger partial charge in [0.25, 0.3) is 0 Å². The fourth-order valence-electron chi connectivity index (χ4n) is 4.76. The lowest BCUT2D eigenvalue weighted by atomic mass is 9.88. The molecule has 1 saturated heterocycles. The van der Waals surface area contributed by atoms with E-state index in [4.69, 9.17) is 5.26 Å². The number of anilines is 1. The summed E-state index contributed by atoms with van der Waals surface area (Å²) in [5.41, 5.74) is 0.857. The Morgan fingerprint density at radius 2 is 2.13 bits per heavy atom.